The number of fused-ring (bicyclic) bond motifs is 2. The fourth-order valence-electron chi connectivity index (χ4n) is 2.79. The molecule has 0 spiro atoms. The first-order valence-corrected chi connectivity index (χ1v) is 9.74. The molecule has 0 aliphatic rings. The Morgan fingerprint density at radius 3 is 2.52 bits per heavy atom. The van der Waals surface area contributed by atoms with Crippen LogP contribution in [-0.2, 0) is 10.0 Å². The van der Waals surface area contributed by atoms with Crippen molar-refractivity contribution in [3.05, 3.63) is 54.6 Å². The van der Waals surface area contributed by atoms with E-state index in [1.54, 1.807) is 36.4 Å². The molecule has 25 heavy (non-hydrogen) atoms. The molecular formula is C17H14N4O2S2. The molecule has 8 heteroatoms. The van der Waals surface area contributed by atoms with E-state index >= 15 is 0 Å². The number of sulfonamides is 1. The fourth-order valence-corrected chi connectivity index (χ4v) is 4.58. The van der Waals surface area contributed by atoms with E-state index in [-0.39, 0.29) is 4.90 Å². The van der Waals surface area contributed by atoms with Gasteiger partial charge >= 0.3 is 0 Å². The van der Waals surface area contributed by atoms with Gasteiger partial charge in [-0.2, -0.15) is 8.75 Å². The quantitative estimate of drug-likeness (QED) is 0.572. The van der Waals surface area contributed by atoms with Crippen LogP contribution in [0.2, 0.25) is 0 Å². The van der Waals surface area contributed by atoms with Crippen LogP contribution < -0.4 is 10.0 Å². The van der Waals surface area contributed by atoms with E-state index < -0.39 is 10.0 Å². The Morgan fingerprint density at radius 2 is 1.68 bits per heavy atom. The Labute approximate surface area is 148 Å². The first-order valence-electron chi connectivity index (χ1n) is 7.53. The zero-order valence-electron chi connectivity index (χ0n) is 13.2. The van der Waals surface area contributed by atoms with E-state index in [4.69, 9.17) is 0 Å². The summed E-state index contributed by atoms with van der Waals surface area (Å²) in [6.45, 7) is 0. The minimum atomic E-state index is -3.74. The van der Waals surface area contributed by atoms with Crippen LogP contribution in [0.3, 0.4) is 0 Å². The summed E-state index contributed by atoms with van der Waals surface area (Å²) in [5.41, 5.74) is 2.75. The molecule has 126 valence electrons. The lowest BCUT2D eigenvalue weighted by Gasteiger charge is -2.12. The largest absolute Gasteiger partial charge is 0.388 e. The number of aromatic nitrogens is 2. The molecule has 1 heterocycles. The average Bonchev–Trinajstić information content (AvgIpc) is 3.08. The molecule has 3 aromatic carbocycles. The second kappa shape index (κ2) is 5.98. The van der Waals surface area contributed by atoms with Crippen molar-refractivity contribution in [1.29, 1.82) is 0 Å². The fraction of sp³-hybridized carbons (Fsp3) is 0.0588. The van der Waals surface area contributed by atoms with Gasteiger partial charge in [-0.05, 0) is 30.3 Å². The smallest absolute Gasteiger partial charge is 0.262 e. The van der Waals surface area contributed by atoms with Gasteiger partial charge in [-0.1, -0.05) is 24.3 Å². The molecule has 2 N–H and O–H groups in total. The molecule has 0 aliphatic heterocycles. The first-order chi connectivity index (χ1) is 12.1. The third-order valence-corrected chi connectivity index (χ3v) is 5.94. The van der Waals surface area contributed by atoms with Crippen molar-refractivity contribution in [3.8, 4) is 0 Å². The minimum absolute atomic E-state index is 0.235. The minimum Gasteiger partial charge on any atom is -0.388 e. The maximum atomic E-state index is 12.9. The molecule has 0 amide bonds. The van der Waals surface area contributed by atoms with Crippen molar-refractivity contribution in [2.75, 3.05) is 17.1 Å². The molecule has 4 rings (SSSR count). The zero-order chi connectivity index (χ0) is 17.4. The number of benzene rings is 3. The normalized spacial score (nSPS) is 11.7. The molecule has 0 atom stereocenters. The van der Waals surface area contributed by atoms with Crippen LogP contribution >= 0.6 is 11.7 Å². The molecule has 6 nitrogen and oxygen atoms in total. The van der Waals surface area contributed by atoms with E-state index in [1.165, 1.54) is 0 Å². The highest BCUT2D eigenvalue weighted by molar-refractivity contribution is 7.93. The van der Waals surface area contributed by atoms with Crippen molar-refractivity contribution in [2.24, 2.45) is 0 Å². The van der Waals surface area contributed by atoms with Crippen molar-refractivity contribution in [1.82, 2.24) is 8.75 Å². The molecular weight excluding hydrogens is 356 g/mol. The second-order valence-electron chi connectivity index (χ2n) is 5.48. The lowest BCUT2D eigenvalue weighted by molar-refractivity contribution is 0.602. The van der Waals surface area contributed by atoms with E-state index in [2.05, 4.69) is 18.8 Å². The Morgan fingerprint density at radius 1 is 0.920 bits per heavy atom. The molecule has 1 aromatic heterocycles. The van der Waals surface area contributed by atoms with Gasteiger partial charge < -0.3 is 5.32 Å². The molecule has 4 aromatic rings. The van der Waals surface area contributed by atoms with Crippen molar-refractivity contribution >= 4 is 54.9 Å². The van der Waals surface area contributed by atoms with Crippen molar-refractivity contribution < 1.29 is 8.42 Å². The van der Waals surface area contributed by atoms with Gasteiger partial charge in [0, 0.05) is 23.5 Å². The van der Waals surface area contributed by atoms with E-state index in [0.29, 0.717) is 16.6 Å². The number of nitrogens with one attached hydrogen (secondary N) is 2. The van der Waals surface area contributed by atoms with Crippen LogP contribution in [0, 0.1) is 0 Å². The highest BCUT2D eigenvalue weighted by Crippen LogP contribution is 2.30. The summed E-state index contributed by atoms with van der Waals surface area (Å²) in [6.07, 6.45) is 0. The van der Waals surface area contributed by atoms with Gasteiger partial charge in [-0.3, -0.25) is 4.72 Å². The predicted octanol–water partition coefficient (Wildman–Crippen LogP) is 3.69. The van der Waals surface area contributed by atoms with Crippen LogP contribution in [-0.4, -0.2) is 24.2 Å². The lowest BCUT2D eigenvalue weighted by atomic mass is 10.1. The average molecular weight is 370 g/mol. The summed E-state index contributed by atoms with van der Waals surface area (Å²) in [7, 11) is -1.93. The Kier molecular flexibility index (Phi) is 3.78. The number of nitrogens with zero attached hydrogens (tertiary/aromatic N) is 2. The summed E-state index contributed by atoms with van der Waals surface area (Å²) in [5.74, 6) is 0. The van der Waals surface area contributed by atoms with E-state index in [0.717, 1.165) is 28.3 Å². The lowest BCUT2D eigenvalue weighted by Crippen LogP contribution is -2.13. The van der Waals surface area contributed by atoms with E-state index in [9.17, 15) is 8.42 Å². The van der Waals surface area contributed by atoms with Gasteiger partial charge in [0.1, 0.15) is 11.0 Å². The van der Waals surface area contributed by atoms with Crippen LogP contribution in [0.4, 0.5) is 11.4 Å². The maximum Gasteiger partial charge on any atom is 0.262 e. The second-order valence-corrected chi connectivity index (χ2v) is 7.66. The van der Waals surface area contributed by atoms with Crippen LogP contribution in [0.5, 0.6) is 0 Å². The highest BCUT2D eigenvalue weighted by atomic mass is 32.2. The molecule has 0 fully saturated rings. The first kappa shape index (κ1) is 15.8. The number of rotatable bonds is 4. The Balaban J connectivity index is 1.81. The van der Waals surface area contributed by atoms with Gasteiger partial charge in [-0.25, -0.2) is 8.42 Å². The number of hydrogen-bond acceptors (Lipinski definition) is 6. The summed E-state index contributed by atoms with van der Waals surface area (Å²) in [6, 6.07) is 15.9. The SMILES string of the molecule is CNc1cccc2c(S(=O)(=O)Nc3ccc4nsnc4c3)cccc12. The zero-order valence-corrected chi connectivity index (χ0v) is 14.9. The summed E-state index contributed by atoms with van der Waals surface area (Å²) >= 11 is 1.10. The molecule has 0 saturated carbocycles. The van der Waals surface area contributed by atoms with Crippen LogP contribution in [0.15, 0.2) is 59.5 Å². The predicted molar refractivity (Wildman–Crippen MR) is 102 cm³/mol. The molecule has 0 aliphatic carbocycles. The van der Waals surface area contributed by atoms with Crippen molar-refractivity contribution in [3.63, 3.8) is 0 Å². The molecule has 0 radical (unpaired) electrons. The van der Waals surface area contributed by atoms with Gasteiger partial charge in [0.2, 0.25) is 0 Å². The maximum absolute atomic E-state index is 12.9. The van der Waals surface area contributed by atoms with Gasteiger partial charge in [0.25, 0.3) is 10.0 Å². The van der Waals surface area contributed by atoms with Crippen LogP contribution in [0.25, 0.3) is 21.8 Å². The van der Waals surface area contributed by atoms with Gasteiger partial charge in [-0.15, -0.1) is 0 Å². The molecule has 0 saturated heterocycles. The summed E-state index contributed by atoms with van der Waals surface area (Å²) in [4.78, 5) is 0.235. The molecule has 0 unspecified atom stereocenters. The third kappa shape index (κ3) is 2.79. The van der Waals surface area contributed by atoms with Gasteiger partial charge in [0.05, 0.1) is 22.3 Å². The number of anilines is 2. The Bertz CT molecular complexity index is 1190. The van der Waals surface area contributed by atoms with Crippen molar-refractivity contribution in [2.45, 2.75) is 4.90 Å². The Hall–Kier alpha value is -2.71. The topological polar surface area (TPSA) is 84.0 Å². The highest BCUT2D eigenvalue weighted by Gasteiger charge is 2.18. The molecule has 0 bridgehead atoms. The summed E-state index contributed by atoms with van der Waals surface area (Å²) in [5, 5.41) is 4.60. The van der Waals surface area contributed by atoms with Gasteiger partial charge in [0.15, 0.2) is 0 Å². The van der Waals surface area contributed by atoms with E-state index in [1.807, 2.05) is 25.2 Å². The summed E-state index contributed by atoms with van der Waals surface area (Å²) < 4.78 is 36.7. The monoisotopic (exact) mass is 370 g/mol. The van der Waals surface area contributed by atoms with Crippen LogP contribution in [0.1, 0.15) is 0 Å². The third-order valence-electron chi connectivity index (χ3n) is 3.95. The number of hydrogen-bond donors (Lipinski definition) is 2. The standard InChI is InChI=1S/C17H14N4O2S2/c1-18-14-6-2-5-13-12(14)4-3-7-17(13)25(22,23)21-11-8-9-15-16(10-11)20-24-19-15/h2-10,18,21H,1H3.